The van der Waals surface area contributed by atoms with E-state index in [2.05, 4.69) is 13.8 Å². The molecular weight excluding hydrogens is 211 g/mol. The summed E-state index contributed by atoms with van der Waals surface area (Å²) in [5, 5.41) is 10.7. The molecule has 0 fully saturated rings. The molecule has 0 spiro atoms. The van der Waals surface area contributed by atoms with Crippen molar-refractivity contribution in [1.29, 1.82) is 0 Å². The van der Waals surface area contributed by atoms with E-state index in [-0.39, 0.29) is 29.6 Å². The molecule has 0 saturated carbocycles. The monoisotopic (exact) mass is 228 g/mol. The van der Waals surface area contributed by atoms with Gasteiger partial charge in [0.05, 0.1) is 0 Å². The van der Waals surface area contributed by atoms with Crippen LogP contribution in [0.25, 0.3) is 0 Å². The van der Waals surface area contributed by atoms with Gasteiger partial charge in [-0.25, -0.2) is 0 Å². The van der Waals surface area contributed by atoms with Gasteiger partial charge in [0, 0.05) is 11.9 Å². The molecule has 0 heterocycles. The molecular formula is C13H17NaO2. The first-order chi connectivity index (χ1) is 7.00. The third kappa shape index (κ3) is 4.69. The summed E-state index contributed by atoms with van der Waals surface area (Å²) in [6.45, 7) is 5.97. The van der Waals surface area contributed by atoms with Crippen molar-refractivity contribution in [3.8, 4) is 0 Å². The fourth-order valence-corrected chi connectivity index (χ4v) is 1.55. The maximum Gasteiger partial charge on any atom is 1.00 e. The van der Waals surface area contributed by atoms with Gasteiger partial charge in [0.2, 0.25) is 0 Å². The zero-order valence-corrected chi connectivity index (χ0v) is 12.5. The smallest absolute Gasteiger partial charge is 0.550 e. The maximum atomic E-state index is 10.7. The zero-order chi connectivity index (χ0) is 11.4. The van der Waals surface area contributed by atoms with E-state index >= 15 is 0 Å². The van der Waals surface area contributed by atoms with Crippen LogP contribution in [0.5, 0.6) is 0 Å². The Labute approximate surface area is 119 Å². The Balaban J connectivity index is 0.00000225. The van der Waals surface area contributed by atoms with Gasteiger partial charge in [0.15, 0.2) is 0 Å². The number of aliphatic carboxylic acids is 1. The van der Waals surface area contributed by atoms with Gasteiger partial charge in [-0.05, 0) is 23.5 Å². The van der Waals surface area contributed by atoms with Crippen molar-refractivity contribution in [2.75, 3.05) is 0 Å². The molecule has 0 unspecified atom stereocenters. The van der Waals surface area contributed by atoms with E-state index in [0.717, 1.165) is 12.0 Å². The predicted molar refractivity (Wildman–Crippen MR) is 58.4 cm³/mol. The van der Waals surface area contributed by atoms with Crippen LogP contribution in [-0.2, 0) is 11.2 Å². The molecule has 0 aliphatic carbocycles. The number of hydrogen-bond donors (Lipinski definition) is 0. The summed E-state index contributed by atoms with van der Waals surface area (Å²) in [5.41, 5.74) is 2.06. The predicted octanol–water partition coefficient (Wildman–Crippen LogP) is -1.26. The van der Waals surface area contributed by atoms with Gasteiger partial charge in [0.25, 0.3) is 0 Å². The molecule has 0 N–H and O–H groups in total. The van der Waals surface area contributed by atoms with E-state index < -0.39 is 11.9 Å². The molecule has 0 amide bonds. The molecule has 0 aliphatic heterocycles. The topological polar surface area (TPSA) is 40.1 Å². The van der Waals surface area contributed by atoms with Gasteiger partial charge in [-0.1, -0.05) is 45.0 Å². The first-order valence-electron chi connectivity index (χ1n) is 5.30. The number of carbonyl (C=O) groups is 1. The number of hydrogen-bond acceptors (Lipinski definition) is 2. The van der Waals surface area contributed by atoms with Gasteiger partial charge in [-0.2, -0.15) is 0 Å². The summed E-state index contributed by atoms with van der Waals surface area (Å²) in [4.78, 5) is 10.7. The molecule has 16 heavy (non-hydrogen) atoms. The van der Waals surface area contributed by atoms with Crippen molar-refractivity contribution in [3.63, 3.8) is 0 Å². The molecule has 1 aromatic rings. The molecule has 3 heteroatoms. The minimum absolute atomic E-state index is 0. The summed E-state index contributed by atoms with van der Waals surface area (Å²) in [6.07, 6.45) is 1.03. The average Bonchev–Trinajstić information content (AvgIpc) is 2.17. The number of carboxylic acids is 1. The summed E-state index contributed by atoms with van der Waals surface area (Å²) < 4.78 is 0. The van der Waals surface area contributed by atoms with Gasteiger partial charge < -0.3 is 9.90 Å². The molecule has 1 rings (SSSR count). The van der Waals surface area contributed by atoms with Crippen molar-refractivity contribution in [2.45, 2.75) is 33.1 Å². The van der Waals surface area contributed by atoms with E-state index in [1.807, 2.05) is 24.3 Å². The van der Waals surface area contributed by atoms with E-state index in [1.165, 1.54) is 5.56 Å². The maximum absolute atomic E-state index is 10.7. The Kier molecular flexibility index (Phi) is 6.96. The molecule has 1 aromatic carbocycles. The van der Waals surface area contributed by atoms with Crippen LogP contribution >= 0.6 is 0 Å². The number of carboxylic acid groups (broad SMARTS) is 1. The first-order valence-corrected chi connectivity index (χ1v) is 5.30. The van der Waals surface area contributed by atoms with E-state index in [9.17, 15) is 9.90 Å². The van der Waals surface area contributed by atoms with Crippen molar-refractivity contribution in [2.24, 2.45) is 5.92 Å². The second-order valence-electron chi connectivity index (χ2n) is 4.38. The largest absolute Gasteiger partial charge is 1.00 e. The normalized spacial score (nSPS) is 12.0. The number of benzene rings is 1. The Morgan fingerprint density at radius 3 is 2.06 bits per heavy atom. The number of rotatable bonds is 4. The third-order valence-corrected chi connectivity index (χ3v) is 2.48. The quantitative estimate of drug-likeness (QED) is 0.604. The summed E-state index contributed by atoms with van der Waals surface area (Å²) in [6, 6.07) is 7.74. The van der Waals surface area contributed by atoms with Crippen LogP contribution in [0.2, 0.25) is 0 Å². The molecule has 0 radical (unpaired) electrons. The molecule has 0 aliphatic rings. The van der Waals surface area contributed by atoms with Crippen molar-refractivity contribution in [1.82, 2.24) is 0 Å². The second kappa shape index (κ2) is 7.10. The molecule has 2 nitrogen and oxygen atoms in total. The van der Waals surface area contributed by atoms with Crippen LogP contribution in [0.15, 0.2) is 24.3 Å². The summed E-state index contributed by atoms with van der Waals surface area (Å²) in [5.74, 6) is -0.931. The average molecular weight is 228 g/mol. The van der Waals surface area contributed by atoms with Crippen LogP contribution < -0.4 is 34.7 Å². The Bertz CT molecular complexity index is 330. The molecule has 82 valence electrons. The van der Waals surface area contributed by atoms with Crippen molar-refractivity contribution < 1.29 is 39.5 Å². The van der Waals surface area contributed by atoms with E-state index in [0.29, 0.717) is 5.92 Å². The molecule has 0 bridgehead atoms. The molecule has 0 aromatic heterocycles. The summed E-state index contributed by atoms with van der Waals surface area (Å²) >= 11 is 0. The third-order valence-electron chi connectivity index (χ3n) is 2.48. The Hall–Kier alpha value is -0.310. The fraction of sp³-hybridized carbons (Fsp3) is 0.462. The van der Waals surface area contributed by atoms with Gasteiger partial charge >= 0.3 is 29.6 Å². The van der Waals surface area contributed by atoms with Crippen LogP contribution in [0, 0.1) is 5.92 Å². The standard InChI is InChI=1S/C13H18O2.Na/c1-9(2)8-11-4-6-12(7-5-11)10(3)13(14)15;/h4-7,9-10H,8H2,1-3H3,(H,14,15);/q;+1/p-1/t10-;/m1./s1. The molecule has 0 saturated heterocycles. The minimum Gasteiger partial charge on any atom is -0.550 e. The number of carbonyl (C=O) groups excluding carboxylic acids is 1. The zero-order valence-electron chi connectivity index (χ0n) is 10.5. The molecule has 1 atom stereocenters. The SMILES string of the molecule is CC(C)Cc1ccc([C@@H](C)C(=O)[O-])cc1.[Na+]. The fourth-order valence-electron chi connectivity index (χ4n) is 1.55. The van der Waals surface area contributed by atoms with Crippen molar-refractivity contribution in [3.05, 3.63) is 35.4 Å². The van der Waals surface area contributed by atoms with Crippen LogP contribution in [0.1, 0.15) is 37.8 Å². The van der Waals surface area contributed by atoms with Crippen LogP contribution in [-0.4, -0.2) is 5.97 Å². The Morgan fingerprint density at radius 2 is 1.69 bits per heavy atom. The van der Waals surface area contributed by atoms with Gasteiger partial charge in [0.1, 0.15) is 0 Å². The summed E-state index contributed by atoms with van der Waals surface area (Å²) in [7, 11) is 0. The van der Waals surface area contributed by atoms with Crippen LogP contribution in [0.3, 0.4) is 0 Å². The van der Waals surface area contributed by atoms with E-state index in [1.54, 1.807) is 6.92 Å². The minimum atomic E-state index is -1.02. The van der Waals surface area contributed by atoms with E-state index in [4.69, 9.17) is 0 Å². The first kappa shape index (κ1) is 15.7. The van der Waals surface area contributed by atoms with Crippen LogP contribution in [0.4, 0.5) is 0 Å². The van der Waals surface area contributed by atoms with Gasteiger partial charge in [-0.3, -0.25) is 0 Å². The second-order valence-corrected chi connectivity index (χ2v) is 4.38. The van der Waals surface area contributed by atoms with Crippen molar-refractivity contribution >= 4 is 5.97 Å². The van der Waals surface area contributed by atoms with Gasteiger partial charge in [-0.15, -0.1) is 0 Å². The Morgan fingerprint density at radius 1 is 1.19 bits per heavy atom.